The quantitative estimate of drug-likeness (QED) is 0.616. The number of hydrogen-bond acceptors (Lipinski definition) is 3. The molecule has 6 heteroatoms. The van der Waals surface area contributed by atoms with Crippen LogP contribution in [0.5, 0.6) is 0 Å². The molecule has 0 spiro atoms. The molecule has 0 aromatic carbocycles. The van der Waals surface area contributed by atoms with Crippen LogP contribution >= 0.6 is 23.2 Å². The lowest BCUT2D eigenvalue weighted by Gasteiger charge is -2.11. The van der Waals surface area contributed by atoms with Gasteiger partial charge in [0.15, 0.2) is 0 Å². The second-order valence-corrected chi connectivity index (χ2v) is 5.60. The number of ether oxygens (including phenoxy) is 1. The van der Waals surface area contributed by atoms with Gasteiger partial charge in [-0.2, -0.15) is 5.10 Å². The number of halogens is 2. The minimum absolute atomic E-state index is 0.278. The second-order valence-electron chi connectivity index (χ2n) is 4.12. The Hall–Kier alpha value is -0.740. The van der Waals surface area contributed by atoms with Crippen LogP contribution in [0.1, 0.15) is 13.3 Å². The van der Waals surface area contributed by atoms with Crippen molar-refractivity contribution in [3.8, 4) is 0 Å². The summed E-state index contributed by atoms with van der Waals surface area (Å²) in [4.78, 5) is 11.7. The molecule has 1 heterocycles. The highest BCUT2D eigenvalue weighted by molar-refractivity contribution is 6.53. The molecule has 1 fully saturated rings. The predicted octanol–water partition coefficient (Wildman–Crippen LogP) is 2.01. The maximum absolute atomic E-state index is 11.7. The first-order valence-electron chi connectivity index (χ1n) is 4.98. The molecule has 1 aliphatic rings. The monoisotopic (exact) mass is 262 g/mol. The molecule has 1 aromatic rings. The predicted molar refractivity (Wildman–Crippen MR) is 60.3 cm³/mol. The lowest BCUT2D eigenvalue weighted by molar-refractivity contribution is -0.149. The van der Waals surface area contributed by atoms with Gasteiger partial charge in [0, 0.05) is 18.8 Å². The zero-order valence-electron chi connectivity index (χ0n) is 8.82. The number of esters is 1. The lowest BCUT2D eigenvalue weighted by Crippen LogP contribution is -2.23. The van der Waals surface area contributed by atoms with Gasteiger partial charge >= 0.3 is 5.97 Å². The highest BCUT2D eigenvalue weighted by Gasteiger charge is 2.69. The Bertz CT molecular complexity index is 392. The average Bonchev–Trinajstić information content (AvgIpc) is 2.64. The van der Waals surface area contributed by atoms with E-state index in [0.29, 0.717) is 13.0 Å². The first-order valence-corrected chi connectivity index (χ1v) is 5.74. The van der Waals surface area contributed by atoms with Crippen molar-refractivity contribution >= 4 is 29.2 Å². The van der Waals surface area contributed by atoms with E-state index in [9.17, 15) is 4.79 Å². The van der Waals surface area contributed by atoms with Crippen LogP contribution in [0.4, 0.5) is 0 Å². The molecule has 1 atom stereocenters. The zero-order chi connectivity index (χ0) is 11.8. The molecule has 0 amide bonds. The van der Waals surface area contributed by atoms with Gasteiger partial charge in [-0.1, -0.05) is 0 Å². The summed E-state index contributed by atoms with van der Waals surface area (Å²) in [6, 6.07) is 1.81. The maximum Gasteiger partial charge on any atom is 0.315 e. The Labute approximate surface area is 103 Å². The summed E-state index contributed by atoms with van der Waals surface area (Å²) >= 11 is 11.7. The first-order chi connectivity index (χ1) is 7.46. The SMILES string of the molecule is CC1(C(=O)OCCn2cccn2)CC1(Cl)Cl. The van der Waals surface area contributed by atoms with Crippen molar-refractivity contribution in [2.24, 2.45) is 5.41 Å². The van der Waals surface area contributed by atoms with Crippen LogP contribution in [0.2, 0.25) is 0 Å². The number of carbonyl (C=O) groups is 1. The molecule has 0 aliphatic heterocycles. The Morgan fingerprint density at radius 2 is 2.31 bits per heavy atom. The fraction of sp³-hybridized carbons (Fsp3) is 0.600. The van der Waals surface area contributed by atoms with Crippen molar-refractivity contribution in [2.45, 2.75) is 24.2 Å². The maximum atomic E-state index is 11.7. The van der Waals surface area contributed by atoms with Crippen molar-refractivity contribution in [3.05, 3.63) is 18.5 Å². The molecule has 0 N–H and O–H groups in total. The summed E-state index contributed by atoms with van der Waals surface area (Å²) in [5, 5.41) is 3.99. The minimum atomic E-state index is -0.963. The second kappa shape index (κ2) is 3.93. The third kappa shape index (κ3) is 2.04. The van der Waals surface area contributed by atoms with Crippen LogP contribution < -0.4 is 0 Å². The molecule has 2 rings (SSSR count). The van der Waals surface area contributed by atoms with Crippen molar-refractivity contribution in [1.82, 2.24) is 9.78 Å². The van der Waals surface area contributed by atoms with Crippen LogP contribution in [0.3, 0.4) is 0 Å². The van der Waals surface area contributed by atoms with E-state index in [0.717, 1.165) is 0 Å². The van der Waals surface area contributed by atoms with E-state index in [1.54, 1.807) is 24.0 Å². The van der Waals surface area contributed by atoms with Crippen LogP contribution in [0, 0.1) is 5.41 Å². The topological polar surface area (TPSA) is 44.1 Å². The Morgan fingerprint density at radius 1 is 1.62 bits per heavy atom. The minimum Gasteiger partial charge on any atom is -0.463 e. The van der Waals surface area contributed by atoms with E-state index < -0.39 is 9.75 Å². The first kappa shape index (κ1) is 11.7. The Kier molecular flexibility index (Phi) is 2.88. The Morgan fingerprint density at radius 3 is 2.81 bits per heavy atom. The van der Waals surface area contributed by atoms with Gasteiger partial charge in [-0.15, -0.1) is 23.2 Å². The Balaban J connectivity index is 1.77. The lowest BCUT2D eigenvalue weighted by atomic mass is 10.1. The van der Waals surface area contributed by atoms with E-state index in [2.05, 4.69) is 5.10 Å². The van der Waals surface area contributed by atoms with Gasteiger partial charge < -0.3 is 4.74 Å². The van der Waals surface area contributed by atoms with Gasteiger partial charge in [0.2, 0.25) is 0 Å². The summed E-state index contributed by atoms with van der Waals surface area (Å²) in [6.07, 6.45) is 3.93. The number of hydrogen-bond donors (Lipinski definition) is 0. The summed E-state index contributed by atoms with van der Waals surface area (Å²) in [7, 11) is 0. The van der Waals surface area contributed by atoms with Crippen molar-refractivity contribution in [3.63, 3.8) is 0 Å². The summed E-state index contributed by atoms with van der Waals surface area (Å²) in [5.41, 5.74) is -0.750. The molecule has 1 saturated carbocycles. The smallest absolute Gasteiger partial charge is 0.315 e. The molecular formula is C10H12Cl2N2O2. The molecule has 16 heavy (non-hydrogen) atoms. The fourth-order valence-electron chi connectivity index (χ4n) is 1.45. The van der Waals surface area contributed by atoms with Crippen LogP contribution in [-0.2, 0) is 16.1 Å². The largest absolute Gasteiger partial charge is 0.463 e. The van der Waals surface area contributed by atoms with Crippen molar-refractivity contribution in [2.75, 3.05) is 6.61 Å². The number of rotatable bonds is 4. The average molecular weight is 263 g/mol. The summed E-state index contributed by atoms with van der Waals surface area (Å²) in [5.74, 6) is -0.343. The number of carbonyl (C=O) groups excluding carboxylic acids is 1. The third-order valence-corrected chi connectivity index (χ3v) is 3.92. The zero-order valence-corrected chi connectivity index (χ0v) is 10.3. The molecule has 88 valence electrons. The summed E-state index contributed by atoms with van der Waals surface area (Å²) in [6.45, 7) is 2.52. The van der Waals surface area contributed by atoms with E-state index in [-0.39, 0.29) is 12.6 Å². The highest BCUT2D eigenvalue weighted by atomic mass is 35.5. The number of aromatic nitrogens is 2. The number of alkyl halides is 2. The molecule has 0 saturated heterocycles. The normalized spacial score (nSPS) is 26.4. The number of nitrogens with zero attached hydrogens (tertiary/aromatic N) is 2. The molecule has 1 unspecified atom stereocenters. The van der Waals surface area contributed by atoms with Crippen LogP contribution in [-0.4, -0.2) is 26.7 Å². The van der Waals surface area contributed by atoms with E-state index >= 15 is 0 Å². The molecule has 1 aromatic heterocycles. The van der Waals surface area contributed by atoms with E-state index in [1.165, 1.54) is 0 Å². The molecule has 4 nitrogen and oxygen atoms in total. The van der Waals surface area contributed by atoms with Gasteiger partial charge in [0.25, 0.3) is 0 Å². The van der Waals surface area contributed by atoms with Gasteiger partial charge in [-0.25, -0.2) is 0 Å². The molecule has 1 aliphatic carbocycles. The van der Waals surface area contributed by atoms with Gasteiger partial charge in [0.05, 0.1) is 6.54 Å². The van der Waals surface area contributed by atoms with Crippen LogP contribution in [0.25, 0.3) is 0 Å². The van der Waals surface area contributed by atoms with Gasteiger partial charge in [-0.3, -0.25) is 9.48 Å². The molecule has 0 radical (unpaired) electrons. The molecular weight excluding hydrogens is 251 g/mol. The van der Waals surface area contributed by atoms with Gasteiger partial charge in [0.1, 0.15) is 16.4 Å². The fourth-order valence-corrected chi connectivity index (χ4v) is 2.13. The van der Waals surface area contributed by atoms with Gasteiger partial charge in [-0.05, 0) is 13.0 Å². The van der Waals surface area contributed by atoms with E-state index in [1.807, 2.05) is 6.07 Å². The van der Waals surface area contributed by atoms with Crippen molar-refractivity contribution in [1.29, 1.82) is 0 Å². The highest BCUT2D eigenvalue weighted by Crippen LogP contribution is 2.64. The standard InChI is InChI=1S/C10H12Cl2N2O2/c1-9(7-10(9,11)12)8(15)16-6-5-14-4-2-3-13-14/h2-4H,5-7H2,1H3. The third-order valence-electron chi connectivity index (χ3n) is 2.82. The van der Waals surface area contributed by atoms with E-state index in [4.69, 9.17) is 27.9 Å². The van der Waals surface area contributed by atoms with Crippen molar-refractivity contribution < 1.29 is 9.53 Å². The summed E-state index contributed by atoms with van der Waals surface area (Å²) < 4.78 is 5.84. The molecule has 0 bridgehead atoms. The van der Waals surface area contributed by atoms with Crippen LogP contribution in [0.15, 0.2) is 18.5 Å².